The molecule has 4 heteroatoms. The van der Waals surface area contributed by atoms with E-state index in [1.54, 1.807) is 11.3 Å². The van der Waals surface area contributed by atoms with Gasteiger partial charge in [-0.1, -0.05) is 18.8 Å². The van der Waals surface area contributed by atoms with Crippen molar-refractivity contribution in [3.63, 3.8) is 0 Å². The number of nitrogens with one attached hydrogen (secondary N) is 1. The molecule has 0 aliphatic heterocycles. The van der Waals surface area contributed by atoms with Crippen molar-refractivity contribution >= 4 is 17.2 Å². The molecule has 0 radical (unpaired) electrons. The molecule has 2 rings (SSSR count). The molecule has 0 bridgehead atoms. The van der Waals surface area contributed by atoms with Crippen LogP contribution >= 0.6 is 11.3 Å². The first kappa shape index (κ1) is 13.1. The highest BCUT2D eigenvalue weighted by atomic mass is 32.1. The molecule has 1 aliphatic carbocycles. The Bertz CT molecular complexity index is 479. The van der Waals surface area contributed by atoms with Gasteiger partial charge in [0.15, 0.2) is 0 Å². The molecule has 2 N–H and O–H groups in total. The average Bonchev–Trinajstić information content (AvgIpc) is 3.13. The number of hydrogen-bond donors (Lipinski definition) is 2. The minimum Gasteiger partial charge on any atom is -0.384 e. The first-order chi connectivity index (χ1) is 8.70. The molecule has 1 atom stereocenters. The highest BCUT2D eigenvalue weighted by molar-refractivity contribution is 7.10. The lowest BCUT2D eigenvalue weighted by atomic mass is 10.1. The molecule has 1 unspecified atom stereocenters. The Labute approximate surface area is 111 Å². The molecule has 1 saturated carbocycles. The van der Waals surface area contributed by atoms with Gasteiger partial charge in [0, 0.05) is 21.7 Å². The third-order valence-corrected chi connectivity index (χ3v) is 4.08. The van der Waals surface area contributed by atoms with Crippen molar-refractivity contribution in [3.05, 3.63) is 21.9 Å². The van der Waals surface area contributed by atoms with Gasteiger partial charge < -0.3 is 10.4 Å². The fourth-order valence-corrected chi connectivity index (χ4v) is 2.58. The van der Waals surface area contributed by atoms with Gasteiger partial charge in [0.05, 0.1) is 6.54 Å². The van der Waals surface area contributed by atoms with Crippen molar-refractivity contribution in [1.29, 1.82) is 0 Å². The third-order valence-electron chi connectivity index (χ3n) is 3.15. The number of hydrogen-bond acceptors (Lipinski definition) is 3. The zero-order valence-electron chi connectivity index (χ0n) is 10.4. The summed E-state index contributed by atoms with van der Waals surface area (Å²) in [5.74, 6) is 6.34. The summed E-state index contributed by atoms with van der Waals surface area (Å²) in [4.78, 5) is 12.9. The van der Waals surface area contributed by atoms with E-state index in [2.05, 4.69) is 17.2 Å². The van der Waals surface area contributed by atoms with Gasteiger partial charge in [-0.2, -0.15) is 0 Å². The van der Waals surface area contributed by atoms with Crippen molar-refractivity contribution in [3.8, 4) is 11.8 Å². The van der Waals surface area contributed by atoms with Crippen molar-refractivity contribution in [2.75, 3.05) is 6.61 Å². The van der Waals surface area contributed by atoms with Crippen LogP contribution in [0.5, 0.6) is 0 Å². The Morgan fingerprint density at radius 2 is 2.44 bits per heavy atom. The van der Waals surface area contributed by atoms with Crippen molar-refractivity contribution in [1.82, 2.24) is 5.32 Å². The normalized spacial score (nSPS) is 15.7. The van der Waals surface area contributed by atoms with Gasteiger partial charge in [-0.15, -0.1) is 11.3 Å². The molecule has 0 saturated heterocycles. The smallest absolute Gasteiger partial charge is 0.223 e. The maximum absolute atomic E-state index is 11.8. The van der Waals surface area contributed by atoms with Crippen LogP contribution in [-0.2, 0) is 11.3 Å². The summed E-state index contributed by atoms with van der Waals surface area (Å²) < 4.78 is 0. The Balaban J connectivity index is 1.82. The predicted molar refractivity (Wildman–Crippen MR) is 72.0 cm³/mol. The summed E-state index contributed by atoms with van der Waals surface area (Å²) in [5.41, 5.74) is 0.897. The first-order valence-corrected chi connectivity index (χ1v) is 7.03. The summed E-state index contributed by atoms with van der Waals surface area (Å²) >= 11 is 1.58. The largest absolute Gasteiger partial charge is 0.384 e. The zero-order chi connectivity index (χ0) is 13.0. The highest BCUT2D eigenvalue weighted by Gasteiger charge is 2.32. The van der Waals surface area contributed by atoms with Crippen LogP contribution in [-0.4, -0.2) is 17.6 Å². The number of carbonyl (C=O) groups excluding carboxylic acids is 1. The minimum atomic E-state index is -0.124. The number of aliphatic hydroxyl groups is 1. The lowest BCUT2D eigenvalue weighted by Gasteiger charge is -2.09. The summed E-state index contributed by atoms with van der Waals surface area (Å²) in [6, 6.07) is 1.95. The number of rotatable bonds is 4. The molecule has 18 heavy (non-hydrogen) atoms. The molecule has 1 aliphatic rings. The van der Waals surface area contributed by atoms with E-state index in [4.69, 9.17) is 5.11 Å². The summed E-state index contributed by atoms with van der Waals surface area (Å²) in [6.45, 7) is 2.45. The Hall–Kier alpha value is -1.31. The second kappa shape index (κ2) is 6.03. The van der Waals surface area contributed by atoms with Gasteiger partial charge in [-0.3, -0.25) is 4.79 Å². The van der Waals surface area contributed by atoms with Crippen LogP contribution in [0.3, 0.4) is 0 Å². The van der Waals surface area contributed by atoms with Crippen molar-refractivity contribution in [2.24, 2.45) is 11.8 Å². The molecule has 1 fully saturated rings. The molecule has 1 aromatic heterocycles. The second-order valence-electron chi connectivity index (χ2n) is 4.61. The van der Waals surface area contributed by atoms with Gasteiger partial charge in [0.2, 0.25) is 5.91 Å². The molecular weight excluding hydrogens is 246 g/mol. The van der Waals surface area contributed by atoms with Crippen LogP contribution < -0.4 is 5.32 Å². The third kappa shape index (κ3) is 3.59. The zero-order valence-corrected chi connectivity index (χ0v) is 11.2. The lowest BCUT2D eigenvalue weighted by Crippen LogP contribution is -2.29. The molecule has 0 aromatic carbocycles. The van der Waals surface area contributed by atoms with E-state index in [0.29, 0.717) is 12.5 Å². The van der Waals surface area contributed by atoms with E-state index in [1.165, 1.54) is 12.8 Å². The van der Waals surface area contributed by atoms with E-state index in [9.17, 15) is 4.79 Å². The summed E-state index contributed by atoms with van der Waals surface area (Å²) in [7, 11) is 0. The van der Waals surface area contributed by atoms with Gasteiger partial charge in [-0.25, -0.2) is 0 Å². The highest BCUT2D eigenvalue weighted by Crippen LogP contribution is 2.36. The van der Waals surface area contributed by atoms with E-state index < -0.39 is 0 Å². The molecule has 1 amide bonds. The van der Waals surface area contributed by atoms with E-state index in [-0.39, 0.29) is 18.4 Å². The molecular formula is C14H17NO2S. The van der Waals surface area contributed by atoms with Crippen LogP contribution in [0, 0.1) is 23.7 Å². The average molecular weight is 263 g/mol. The predicted octanol–water partition coefficient (Wildman–Crippen LogP) is 1.75. The van der Waals surface area contributed by atoms with E-state index >= 15 is 0 Å². The topological polar surface area (TPSA) is 49.3 Å². The monoisotopic (exact) mass is 263 g/mol. The minimum absolute atomic E-state index is 0.124. The Morgan fingerprint density at radius 1 is 1.67 bits per heavy atom. The maximum Gasteiger partial charge on any atom is 0.223 e. The quantitative estimate of drug-likeness (QED) is 0.813. The van der Waals surface area contributed by atoms with Crippen molar-refractivity contribution < 1.29 is 9.90 Å². The lowest BCUT2D eigenvalue weighted by molar-refractivity contribution is -0.125. The second-order valence-corrected chi connectivity index (χ2v) is 5.60. The van der Waals surface area contributed by atoms with Crippen molar-refractivity contribution in [2.45, 2.75) is 26.3 Å². The van der Waals surface area contributed by atoms with E-state index in [0.717, 1.165) is 10.4 Å². The Kier molecular flexibility index (Phi) is 4.40. The van der Waals surface area contributed by atoms with Gasteiger partial charge in [0.1, 0.15) is 6.61 Å². The maximum atomic E-state index is 11.8. The Morgan fingerprint density at radius 3 is 3.11 bits per heavy atom. The van der Waals surface area contributed by atoms with Crippen LogP contribution in [0.15, 0.2) is 11.4 Å². The molecule has 1 heterocycles. The number of thiophene rings is 1. The fraction of sp³-hybridized carbons (Fsp3) is 0.500. The van der Waals surface area contributed by atoms with Gasteiger partial charge in [-0.05, 0) is 24.8 Å². The van der Waals surface area contributed by atoms with Crippen LogP contribution in [0.1, 0.15) is 30.2 Å². The van der Waals surface area contributed by atoms with Gasteiger partial charge in [0.25, 0.3) is 0 Å². The van der Waals surface area contributed by atoms with E-state index in [1.807, 2.05) is 18.4 Å². The summed E-state index contributed by atoms with van der Waals surface area (Å²) in [6.07, 6.45) is 2.38. The van der Waals surface area contributed by atoms with Crippen LogP contribution in [0.2, 0.25) is 0 Å². The molecule has 96 valence electrons. The molecule has 3 nitrogen and oxygen atoms in total. The van der Waals surface area contributed by atoms with Gasteiger partial charge >= 0.3 is 0 Å². The van der Waals surface area contributed by atoms with Crippen LogP contribution in [0.25, 0.3) is 0 Å². The summed E-state index contributed by atoms with van der Waals surface area (Å²) in [5, 5.41) is 13.5. The molecule has 1 aromatic rings. The molecule has 0 spiro atoms. The first-order valence-electron chi connectivity index (χ1n) is 6.15. The SMILES string of the molecule is CC(C(=O)NCc1cc(C#CCO)cs1)C1CC1. The number of carbonyl (C=O) groups is 1. The van der Waals surface area contributed by atoms with Crippen LogP contribution in [0.4, 0.5) is 0 Å². The standard InChI is InChI=1S/C14H17NO2S/c1-10(12-4-5-12)14(17)15-8-13-7-11(9-18-13)3-2-6-16/h7,9-10,12,16H,4-6,8H2,1H3,(H,15,17). The fourth-order valence-electron chi connectivity index (χ4n) is 1.83. The number of aliphatic hydroxyl groups excluding tert-OH is 1. The number of amides is 1.